The first-order valence-electron chi connectivity index (χ1n) is 16.1. The summed E-state index contributed by atoms with van der Waals surface area (Å²) in [6.45, 7) is 8.88. The zero-order valence-electron chi connectivity index (χ0n) is 28.7. The molecular formula is C36H44Cl2N4O7. The summed E-state index contributed by atoms with van der Waals surface area (Å²) in [5.74, 6) is -3.10. The van der Waals surface area contributed by atoms with Crippen LogP contribution in [0.4, 0.5) is 0 Å². The molecule has 2 heterocycles. The average Bonchev–Trinajstić information content (AvgIpc) is 3.37. The van der Waals surface area contributed by atoms with Gasteiger partial charge in [0.2, 0.25) is 17.7 Å². The van der Waals surface area contributed by atoms with Crippen molar-refractivity contribution < 1.29 is 33.8 Å². The third-order valence-corrected chi connectivity index (χ3v) is 9.71. The number of phenolic OH excluding ortho intramolecular Hbond substituents is 1. The van der Waals surface area contributed by atoms with E-state index in [0.717, 1.165) is 16.5 Å². The number of hydrogen-bond acceptors (Lipinski definition) is 7. The molecule has 2 aromatic carbocycles. The first-order chi connectivity index (χ1) is 23.1. The quantitative estimate of drug-likeness (QED) is 0.207. The van der Waals surface area contributed by atoms with Crippen molar-refractivity contribution in [3.05, 3.63) is 75.4 Å². The zero-order valence-corrected chi connectivity index (χ0v) is 30.2. The third kappa shape index (κ3) is 8.76. The van der Waals surface area contributed by atoms with E-state index in [-0.39, 0.29) is 29.0 Å². The number of aromatic nitrogens is 1. The summed E-state index contributed by atoms with van der Waals surface area (Å²) >= 11 is 12.9. The van der Waals surface area contributed by atoms with Crippen molar-refractivity contribution in [3.8, 4) is 5.75 Å². The van der Waals surface area contributed by atoms with E-state index in [1.54, 1.807) is 20.8 Å². The van der Waals surface area contributed by atoms with Crippen LogP contribution in [0.25, 0.3) is 10.9 Å². The molecule has 4 rings (SSSR count). The predicted octanol–water partition coefficient (Wildman–Crippen LogP) is 5.48. The van der Waals surface area contributed by atoms with E-state index in [4.69, 9.17) is 32.7 Å². The Labute approximate surface area is 296 Å². The van der Waals surface area contributed by atoms with Gasteiger partial charge in [0.25, 0.3) is 0 Å². The number of likely N-dealkylation sites (N-methyl/N-ethyl adjacent to an activating group) is 1. The Morgan fingerprint density at radius 1 is 1.00 bits per heavy atom. The third-order valence-electron chi connectivity index (χ3n) is 9.09. The Morgan fingerprint density at radius 2 is 1.69 bits per heavy atom. The van der Waals surface area contributed by atoms with Gasteiger partial charge in [-0.2, -0.15) is 0 Å². The second kappa shape index (κ2) is 16.1. The van der Waals surface area contributed by atoms with Crippen LogP contribution in [-0.2, 0) is 35.1 Å². The Morgan fingerprint density at radius 3 is 2.37 bits per heavy atom. The van der Waals surface area contributed by atoms with Crippen LogP contribution in [0.3, 0.4) is 0 Å². The number of H-pyrrole nitrogens is 1. The molecule has 4 N–H and O–H groups in total. The van der Waals surface area contributed by atoms with E-state index in [1.165, 1.54) is 37.3 Å². The number of allylic oxidation sites excluding steroid dienone is 1. The largest absolute Gasteiger partial charge is 0.506 e. The van der Waals surface area contributed by atoms with Crippen LogP contribution >= 0.6 is 23.2 Å². The monoisotopic (exact) mass is 714 g/mol. The summed E-state index contributed by atoms with van der Waals surface area (Å²) < 4.78 is 11.5. The summed E-state index contributed by atoms with van der Waals surface area (Å²) in [4.78, 5) is 59.7. The zero-order chi connectivity index (χ0) is 36.2. The number of fused-ring (bicyclic) bond motifs is 1. The lowest BCUT2D eigenvalue weighted by atomic mass is 9.95. The van der Waals surface area contributed by atoms with Crippen molar-refractivity contribution in [1.29, 1.82) is 0 Å². The van der Waals surface area contributed by atoms with Crippen LogP contribution in [0.2, 0.25) is 10.2 Å². The number of rotatable bonds is 4. The Kier molecular flexibility index (Phi) is 12.4. The second-order valence-corrected chi connectivity index (χ2v) is 13.6. The molecule has 0 bridgehead atoms. The number of amides is 3. The number of esters is 1. The van der Waals surface area contributed by atoms with E-state index in [9.17, 15) is 24.3 Å². The van der Waals surface area contributed by atoms with Gasteiger partial charge in [-0.05, 0) is 56.5 Å². The molecule has 0 radical (unpaired) electrons. The van der Waals surface area contributed by atoms with Crippen molar-refractivity contribution >= 4 is 57.8 Å². The van der Waals surface area contributed by atoms with Crippen LogP contribution in [0, 0.1) is 11.8 Å². The highest BCUT2D eigenvalue weighted by atomic mass is 35.5. The SMILES string of the molecule is CO[C@@H]1C(=O)O[C@H](C)[C@@H](C)/C=C(/C)C[C@H](C)C(=O)N[C@@H](C)C(=O)N(C)[C@H](Cc2c(Cl)[nH]c3ccccc23)C(=O)NC1c1ccc(O)c(Cl)c1. The highest BCUT2D eigenvalue weighted by Crippen LogP contribution is 2.32. The van der Waals surface area contributed by atoms with Crippen LogP contribution < -0.4 is 10.6 Å². The standard InChI is InChI=1S/C36H44Cl2N4O7/c1-18-14-19(2)22(5)49-36(47)31(48-7)30(23-12-13-29(43)26(37)16-23)41-34(45)28(17-25-24-10-8-9-11-27(24)40-32(25)38)42(6)35(46)21(4)39-33(44)20(3)15-18/h8-14,16,19-22,28,30-31,40,43H,15,17H2,1-7H3,(H,39,44)(H,41,45)/b18-14-/t19-,20-,21-,22+,28+,30?,31-/m0/s1. The average molecular weight is 716 g/mol. The molecule has 1 aromatic heterocycles. The molecule has 0 saturated heterocycles. The van der Waals surface area contributed by atoms with Gasteiger partial charge in [0, 0.05) is 43.3 Å². The lowest BCUT2D eigenvalue weighted by Gasteiger charge is -2.33. The van der Waals surface area contributed by atoms with Gasteiger partial charge < -0.3 is 35.1 Å². The Balaban J connectivity index is 1.84. The number of nitrogens with one attached hydrogen (secondary N) is 3. The van der Waals surface area contributed by atoms with Crippen LogP contribution in [0.15, 0.2) is 54.1 Å². The number of hydrogen-bond donors (Lipinski definition) is 4. The minimum Gasteiger partial charge on any atom is -0.506 e. The Bertz CT molecular complexity index is 1740. The smallest absolute Gasteiger partial charge is 0.338 e. The molecule has 7 atom stereocenters. The molecule has 1 unspecified atom stereocenters. The van der Waals surface area contributed by atoms with Gasteiger partial charge in [-0.25, -0.2) is 4.79 Å². The van der Waals surface area contributed by atoms with Crippen molar-refractivity contribution in [2.45, 2.75) is 77.8 Å². The number of ether oxygens (including phenoxy) is 2. The minimum absolute atomic E-state index is 0.00903. The molecule has 49 heavy (non-hydrogen) atoms. The molecule has 0 fully saturated rings. The normalized spacial score (nSPS) is 27.8. The van der Waals surface area contributed by atoms with Crippen molar-refractivity contribution in [3.63, 3.8) is 0 Å². The number of benzene rings is 2. The summed E-state index contributed by atoms with van der Waals surface area (Å²) in [6, 6.07) is 8.36. The molecule has 3 amide bonds. The maximum absolute atomic E-state index is 14.5. The second-order valence-electron chi connectivity index (χ2n) is 12.8. The molecule has 3 aromatic rings. The summed E-state index contributed by atoms with van der Waals surface area (Å²) in [6.07, 6.45) is 0.400. The lowest BCUT2D eigenvalue weighted by Crippen LogP contribution is -2.56. The number of aromatic amines is 1. The number of para-hydroxylation sites is 1. The number of carbonyl (C=O) groups is 4. The van der Waals surface area contributed by atoms with Gasteiger partial charge in [0.05, 0.1) is 11.1 Å². The van der Waals surface area contributed by atoms with Crippen LogP contribution in [-0.4, -0.2) is 77.1 Å². The van der Waals surface area contributed by atoms with E-state index in [1.807, 2.05) is 44.2 Å². The predicted molar refractivity (Wildman–Crippen MR) is 188 cm³/mol. The Hall–Kier alpha value is -4.06. The van der Waals surface area contributed by atoms with Gasteiger partial charge >= 0.3 is 5.97 Å². The number of cyclic esters (lactones) is 1. The summed E-state index contributed by atoms with van der Waals surface area (Å²) in [7, 11) is 2.80. The molecule has 11 nitrogen and oxygen atoms in total. The van der Waals surface area contributed by atoms with Crippen molar-refractivity contribution in [1.82, 2.24) is 20.5 Å². The van der Waals surface area contributed by atoms with Crippen molar-refractivity contribution in [2.75, 3.05) is 14.2 Å². The fraction of sp³-hybridized carbons (Fsp3) is 0.444. The maximum atomic E-state index is 14.5. The lowest BCUT2D eigenvalue weighted by molar-refractivity contribution is -0.164. The van der Waals surface area contributed by atoms with Gasteiger partial charge in [0.1, 0.15) is 29.1 Å². The molecule has 0 saturated carbocycles. The molecule has 0 aliphatic carbocycles. The first-order valence-corrected chi connectivity index (χ1v) is 16.9. The summed E-state index contributed by atoms with van der Waals surface area (Å²) in [5, 5.41) is 16.9. The molecule has 13 heteroatoms. The molecule has 1 aliphatic rings. The minimum atomic E-state index is -1.35. The van der Waals surface area contributed by atoms with E-state index >= 15 is 0 Å². The first kappa shape index (κ1) is 37.8. The van der Waals surface area contributed by atoms with Crippen molar-refractivity contribution in [2.24, 2.45) is 11.8 Å². The number of phenols is 1. The van der Waals surface area contributed by atoms with Crippen LogP contribution in [0.1, 0.15) is 58.2 Å². The number of nitrogens with zero attached hydrogens (tertiary/aromatic N) is 1. The van der Waals surface area contributed by atoms with Gasteiger partial charge in [-0.3, -0.25) is 14.4 Å². The maximum Gasteiger partial charge on any atom is 0.338 e. The fourth-order valence-electron chi connectivity index (χ4n) is 6.10. The van der Waals surface area contributed by atoms with E-state index < -0.39 is 54.0 Å². The molecule has 1 aliphatic heterocycles. The van der Waals surface area contributed by atoms with Gasteiger partial charge in [-0.15, -0.1) is 0 Å². The number of halogens is 2. The van der Waals surface area contributed by atoms with Crippen LogP contribution in [0.5, 0.6) is 5.75 Å². The van der Waals surface area contributed by atoms with Gasteiger partial charge in [0.15, 0.2) is 6.10 Å². The molecule has 0 spiro atoms. The van der Waals surface area contributed by atoms with E-state index in [2.05, 4.69) is 15.6 Å². The molecular weight excluding hydrogens is 671 g/mol. The topological polar surface area (TPSA) is 150 Å². The molecule has 264 valence electrons. The highest BCUT2D eigenvalue weighted by molar-refractivity contribution is 6.32. The number of aromatic hydroxyl groups is 1. The van der Waals surface area contributed by atoms with Gasteiger partial charge in [-0.1, -0.05) is 73.0 Å². The highest BCUT2D eigenvalue weighted by Gasteiger charge is 2.38. The summed E-state index contributed by atoms with van der Waals surface area (Å²) in [5.41, 5.74) is 2.61. The number of methoxy groups -OCH3 is 1. The fourth-order valence-corrected chi connectivity index (χ4v) is 6.57. The number of carbonyl (C=O) groups excluding carboxylic acids is 4. The van der Waals surface area contributed by atoms with E-state index in [0.29, 0.717) is 22.7 Å².